The first-order valence-electron chi connectivity index (χ1n) is 6.14. The zero-order chi connectivity index (χ0) is 14.4. The molecule has 0 aromatic heterocycles. The van der Waals surface area contributed by atoms with Crippen LogP contribution in [-0.4, -0.2) is 25.1 Å². The van der Waals surface area contributed by atoms with Crippen molar-refractivity contribution in [3.05, 3.63) is 28.3 Å². The Bertz CT molecular complexity index is 496. The van der Waals surface area contributed by atoms with Gasteiger partial charge in [0, 0.05) is 20.1 Å². The van der Waals surface area contributed by atoms with Crippen LogP contribution in [0.15, 0.2) is 18.2 Å². The van der Waals surface area contributed by atoms with Crippen LogP contribution in [0, 0.1) is 27.4 Å². The highest BCUT2D eigenvalue weighted by atomic mass is 16.6. The summed E-state index contributed by atoms with van der Waals surface area (Å²) in [5.74, 6) is -0.183. The fraction of sp³-hybridized carbons (Fsp3) is 0.462. The molecule has 0 bridgehead atoms. The highest BCUT2D eigenvalue weighted by Gasteiger charge is 2.23. The van der Waals surface area contributed by atoms with E-state index < -0.39 is 0 Å². The average Bonchev–Trinajstić information content (AvgIpc) is 2.43. The molecule has 0 radical (unpaired) electrons. The standard InChI is InChI=1S/C13H18N4O2/c1-4-16(9-10(2)8-14)12-7-5-6-11(15-3)13(12)17(18)19/h5-7,10,15H,4,9H2,1-3H3. The number of nitro benzene ring substituents is 1. The maximum absolute atomic E-state index is 11.3. The largest absolute Gasteiger partial charge is 0.382 e. The molecule has 1 rings (SSSR count). The SMILES string of the molecule is CCN(CC(C)C#N)c1cccc(NC)c1[N+](=O)[O-]. The molecule has 1 aromatic carbocycles. The number of rotatable bonds is 6. The van der Waals surface area contributed by atoms with Crippen molar-refractivity contribution < 1.29 is 4.92 Å². The smallest absolute Gasteiger partial charge is 0.315 e. The number of para-hydroxylation sites is 1. The maximum atomic E-state index is 11.3. The van der Waals surface area contributed by atoms with E-state index in [2.05, 4.69) is 11.4 Å². The maximum Gasteiger partial charge on any atom is 0.315 e. The van der Waals surface area contributed by atoms with Crippen LogP contribution in [0.25, 0.3) is 0 Å². The van der Waals surface area contributed by atoms with E-state index in [0.717, 1.165) is 0 Å². The molecule has 1 unspecified atom stereocenters. The van der Waals surface area contributed by atoms with Crippen molar-refractivity contribution >= 4 is 17.1 Å². The molecule has 102 valence electrons. The summed E-state index contributed by atoms with van der Waals surface area (Å²) in [6.07, 6.45) is 0. The third-order valence-electron chi connectivity index (χ3n) is 2.90. The Hall–Kier alpha value is -2.29. The Morgan fingerprint density at radius 3 is 2.74 bits per heavy atom. The predicted molar refractivity (Wildman–Crippen MR) is 75.3 cm³/mol. The lowest BCUT2D eigenvalue weighted by Crippen LogP contribution is -2.28. The van der Waals surface area contributed by atoms with Crippen LogP contribution < -0.4 is 10.2 Å². The number of nitro groups is 1. The Morgan fingerprint density at radius 2 is 2.26 bits per heavy atom. The molecule has 19 heavy (non-hydrogen) atoms. The van der Waals surface area contributed by atoms with E-state index in [1.807, 2.05) is 11.8 Å². The molecule has 0 fully saturated rings. The molecule has 1 atom stereocenters. The summed E-state index contributed by atoms with van der Waals surface area (Å²) in [5.41, 5.74) is 1.07. The summed E-state index contributed by atoms with van der Waals surface area (Å²) in [5, 5.41) is 23.0. The summed E-state index contributed by atoms with van der Waals surface area (Å²) in [4.78, 5) is 12.7. The summed E-state index contributed by atoms with van der Waals surface area (Å²) in [6, 6.07) is 7.31. The monoisotopic (exact) mass is 262 g/mol. The molecular formula is C13H18N4O2. The van der Waals surface area contributed by atoms with Gasteiger partial charge in [0.15, 0.2) is 0 Å². The van der Waals surface area contributed by atoms with Gasteiger partial charge in [-0.2, -0.15) is 5.26 Å². The first-order chi connectivity index (χ1) is 9.04. The molecule has 0 saturated carbocycles. The Balaban J connectivity index is 3.24. The van der Waals surface area contributed by atoms with Crippen LogP contribution in [0.1, 0.15) is 13.8 Å². The van der Waals surface area contributed by atoms with E-state index in [4.69, 9.17) is 5.26 Å². The fourth-order valence-corrected chi connectivity index (χ4v) is 1.95. The molecule has 0 aliphatic heterocycles. The molecular weight excluding hydrogens is 244 g/mol. The first kappa shape index (κ1) is 14.8. The van der Waals surface area contributed by atoms with Gasteiger partial charge in [0.05, 0.1) is 16.9 Å². The highest BCUT2D eigenvalue weighted by Crippen LogP contribution is 2.35. The van der Waals surface area contributed by atoms with E-state index >= 15 is 0 Å². The molecule has 0 heterocycles. The second kappa shape index (κ2) is 6.59. The Kier molecular flexibility index (Phi) is 5.12. The number of nitrogens with one attached hydrogen (secondary N) is 1. The second-order valence-corrected chi connectivity index (χ2v) is 4.25. The number of benzene rings is 1. The quantitative estimate of drug-likeness (QED) is 0.629. The normalized spacial score (nSPS) is 11.5. The van der Waals surface area contributed by atoms with Crippen LogP contribution in [0.4, 0.5) is 17.1 Å². The summed E-state index contributed by atoms with van der Waals surface area (Å²) in [7, 11) is 1.65. The van der Waals surface area contributed by atoms with Gasteiger partial charge in [0.2, 0.25) is 0 Å². The van der Waals surface area contributed by atoms with Gasteiger partial charge in [-0.3, -0.25) is 10.1 Å². The van der Waals surface area contributed by atoms with Crippen molar-refractivity contribution in [2.24, 2.45) is 5.92 Å². The molecule has 0 aliphatic rings. The third kappa shape index (κ3) is 3.35. The van der Waals surface area contributed by atoms with Gasteiger partial charge in [0.25, 0.3) is 0 Å². The van der Waals surface area contributed by atoms with Gasteiger partial charge in [-0.15, -0.1) is 0 Å². The lowest BCUT2D eigenvalue weighted by molar-refractivity contribution is -0.383. The van der Waals surface area contributed by atoms with Crippen molar-refractivity contribution in [3.8, 4) is 6.07 Å². The number of hydrogen-bond acceptors (Lipinski definition) is 5. The fourth-order valence-electron chi connectivity index (χ4n) is 1.95. The van der Waals surface area contributed by atoms with E-state index in [1.165, 1.54) is 0 Å². The van der Waals surface area contributed by atoms with Crippen LogP contribution in [0.5, 0.6) is 0 Å². The zero-order valence-electron chi connectivity index (χ0n) is 11.4. The van der Waals surface area contributed by atoms with Gasteiger partial charge in [-0.05, 0) is 26.0 Å². The van der Waals surface area contributed by atoms with Crippen molar-refractivity contribution in [1.29, 1.82) is 5.26 Å². The van der Waals surface area contributed by atoms with Gasteiger partial charge < -0.3 is 10.2 Å². The summed E-state index contributed by atoms with van der Waals surface area (Å²) in [6.45, 7) is 4.80. The van der Waals surface area contributed by atoms with E-state index in [0.29, 0.717) is 24.5 Å². The summed E-state index contributed by atoms with van der Waals surface area (Å²) < 4.78 is 0. The molecule has 6 heteroatoms. The molecule has 0 spiro atoms. The molecule has 0 amide bonds. The van der Waals surface area contributed by atoms with Crippen LogP contribution >= 0.6 is 0 Å². The Labute approximate surface area is 112 Å². The van der Waals surface area contributed by atoms with E-state index in [1.54, 1.807) is 32.2 Å². The molecule has 0 aliphatic carbocycles. The lowest BCUT2D eigenvalue weighted by Gasteiger charge is -2.24. The summed E-state index contributed by atoms with van der Waals surface area (Å²) >= 11 is 0. The molecule has 0 saturated heterocycles. The minimum atomic E-state index is -0.388. The van der Waals surface area contributed by atoms with Gasteiger partial charge >= 0.3 is 5.69 Å². The Morgan fingerprint density at radius 1 is 1.58 bits per heavy atom. The first-order valence-corrected chi connectivity index (χ1v) is 6.14. The second-order valence-electron chi connectivity index (χ2n) is 4.25. The van der Waals surface area contributed by atoms with Gasteiger partial charge in [0.1, 0.15) is 11.4 Å². The van der Waals surface area contributed by atoms with Crippen molar-refractivity contribution in [2.75, 3.05) is 30.4 Å². The zero-order valence-corrected chi connectivity index (χ0v) is 11.4. The number of nitriles is 1. The molecule has 1 aromatic rings. The highest BCUT2D eigenvalue weighted by molar-refractivity contribution is 5.76. The van der Waals surface area contributed by atoms with E-state index in [9.17, 15) is 10.1 Å². The van der Waals surface area contributed by atoms with Crippen LogP contribution in [-0.2, 0) is 0 Å². The van der Waals surface area contributed by atoms with E-state index in [-0.39, 0.29) is 16.5 Å². The van der Waals surface area contributed by atoms with Gasteiger partial charge in [-0.25, -0.2) is 0 Å². The number of nitrogens with zero attached hydrogens (tertiary/aromatic N) is 3. The molecule has 1 N–H and O–H groups in total. The predicted octanol–water partition coefficient (Wildman–Crippen LogP) is 2.62. The topological polar surface area (TPSA) is 82.2 Å². The number of hydrogen-bond donors (Lipinski definition) is 1. The van der Waals surface area contributed by atoms with Crippen LogP contribution in [0.2, 0.25) is 0 Å². The number of anilines is 2. The van der Waals surface area contributed by atoms with Crippen molar-refractivity contribution in [1.82, 2.24) is 0 Å². The van der Waals surface area contributed by atoms with Crippen molar-refractivity contribution in [3.63, 3.8) is 0 Å². The third-order valence-corrected chi connectivity index (χ3v) is 2.90. The minimum Gasteiger partial charge on any atom is -0.382 e. The minimum absolute atomic E-state index is 0.0528. The van der Waals surface area contributed by atoms with Crippen LogP contribution in [0.3, 0.4) is 0 Å². The van der Waals surface area contributed by atoms with Crippen molar-refractivity contribution in [2.45, 2.75) is 13.8 Å². The molecule has 6 nitrogen and oxygen atoms in total. The van der Waals surface area contributed by atoms with Gasteiger partial charge in [-0.1, -0.05) is 6.07 Å². The lowest BCUT2D eigenvalue weighted by atomic mass is 10.1. The average molecular weight is 262 g/mol.